The summed E-state index contributed by atoms with van der Waals surface area (Å²) in [5.74, 6) is -0.155. The van der Waals surface area contributed by atoms with Crippen molar-refractivity contribution in [1.29, 1.82) is 0 Å². The third-order valence-electron chi connectivity index (χ3n) is 2.77. The molecular formula is C15H16N2O2. The van der Waals surface area contributed by atoms with Crippen molar-refractivity contribution < 1.29 is 9.53 Å². The quantitative estimate of drug-likeness (QED) is 0.891. The lowest BCUT2D eigenvalue weighted by Gasteiger charge is -2.15. The van der Waals surface area contributed by atoms with Crippen molar-refractivity contribution in [3.05, 3.63) is 66.0 Å². The van der Waals surface area contributed by atoms with E-state index in [0.29, 0.717) is 6.54 Å². The third-order valence-corrected chi connectivity index (χ3v) is 2.77. The minimum atomic E-state index is -0.585. The summed E-state index contributed by atoms with van der Waals surface area (Å²) in [6, 6.07) is 13.2. The zero-order valence-corrected chi connectivity index (χ0v) is 10.7. The minimum Gasteiger partial charge on any atom is -0.367 e. The summed E-state index contributed by atoms with van der Waals surface area (Å²) in [5.41, 5.74) is 1.80. The summed E-state index contributed by atoms with van der Waals surface area (Å²) in [7, 11) is 1.53. The number of rotatable bonds is 5. The number of hydrogen-bond donors (Lipinski definition) is 1. The van der Waals surface area contributed by atoms with Gasteiger partial charge in [-0.15, -0.1) is 0 Å². The van der Waals surface area contributed by atoms with Crippen LogP contribution in [0.15, 0.2) is 54.9 Å². The molecule has 0 bridgehead atoms. The molecule has 1 N–H and O–H groups in total. The van der Waals surface area contributed by atoms with Crippen molar-refractivity contribution in [3.63, 3.8) is 0 Å². The third kappa shape index (κ3) is 3.63. The SMILES string of the molecule is COC(C(=O)NCc1cccnc1)c1ccccc1. The molecule has 0 aliphatic carbocycles. The molecule has 1 amide bonds. The van der Waals surface area contributed by atoms with Gasteiger partial charge in [0.1, 0.15) is 0 Å². The van der Waals surface area contributed by atoms with Gasteiger partial charge in [-0.3, -0.25) is 9.78 Å². The summed E-state index contributed by atoms with van der Waals surface area (Å²) in [6.07, 6.45) is 2.84. The molecule has 0 saturated carbocycles. The van der Waals surface area contributed by atoms with Gasteiger partial charge in [-0.2, -0.15) is 0 Å². The summed E-state index contributed by atoms with van der Waals surface area (Å²) in [4.78, 5) is 16.1. The van der Waals surface area contributed by atoms with E-state index in [1.807, 2.05) is 42.5 Å². The Kier molecular flexibility index (Phi) is 4.64. The Labute approximate surface area is 112 Å². The van der Waals surface area contributed by atoms with Crippen LogP contribution >= 0.6 is 0 Å². The first-order chi connectivity index (χ1) is 9.31. The maximum Gasteiger partial charge on any atom is 0.254 e. The molecule has 2 rings (SSSR count). The van der Waals surface area contributed by atoms with E-state index >= 15 is 0 Å². The summed E-state index contributed by atoms with van der Waals surface area (Å²) >= 11 is 0. The number of nitrogens with one attached hydrogen (secondary N) is 1. The van der Waals surface area contributed by atoms with Crippen molar-refractivity contribution in [1.82, 2.24) is 10.3 Å². The zero-order valence-electron chi connectivity index (χ0n) is 10.7. The van der Waals surface area contributed by atoms with Crippen LogP contribution in [0.3, 0.4) is 0 Å². The molecule has 1 heterocycles. The van der Waals surface area contributed by atoms with Gasteiger partial charge in [-0.25, -0.2) is 0 Å². The second-order valence-corrected chi connectivity index (χ2v) is 4.11. The number of hydrogen-bond acceptors (Lipinski definition) is 3. The van der Waals surface area contributed by atoms with Gasteiger partial charge in [-0.1, -0.05) is 36.4 Å². The lowest BCUT2D eigenvalue weighted by atomic mass is 10.1. The maximum atomic E-state index is 12.1. The summed E-state index contributed by atoms with van der Waals surface area (Å²) < 4.78 is 5.26. The van der Waals surface area contributed by atoms with Crippen molar-refractivity contribution in [2.45, 2.75) is 12.6 Å². The highest BCUT2D eigenvalue weighted by atomic mass is 16.5. The fraction of sp³-hybridized carbons (Fsp3) is 0.200. The smallest absolute Gasteiger partial charge is 0.254 e. The molecule has 0 radical (unpaired) electrons. The molecule has 0 aliphatic rings. The second-order valence-electron chi connectivity index (χ2n) is 4.11. The van der Waals surface area contributed by atoms with Crippen molar-refractivity contribution in [2.24, 2.45) is 0 Å². The Morgan fingerprint density at radius 3 is 2.68 bits per heavy atom. The van der Waals surface area contributed by atoms with E-state index in [1.165, 1.54) is 7.11 Å². The van der Waals surface area contributed by atoms with E-state index in [1.54, 1.807) is 12.4 Å². The van der Waals surface area contributed by atoms with E-state index in [0.717, 1.165) is 11.1 Å². The Morgan fingerprint density at radius 1 is 1.26 bits per heavy atom. The first kappa shape index (κ1) is 13.2. The van der Waals surface area contributed by atoms with Crippen LogP contribution in [0.25, 0.3) is 0 Å². The van der Waals surface area contributed by atoms with Gasteiger partial charge in [0.25, 0.3) is 5.91 Å². The maximum absolute atomic E-state index is 12.1. The Balaban J connectivity index is 1.98. The predicted octanol–water partition coefficient (Wildman–Crippen LogP) is 2.09. The lowest BCUT2D eigenvalue weighted by molar-refractivity contribution is -0.131. The number of ether oxygens (including phenoxy) is 1. The molecule has 0 saturated heterocycles. The number of nitrogens with zero attached hydrogens (tertiary/aromatic N) is 1. The van der Waals surface area contributed by atoms with Crippen molar-refractivity contribution in [2.75, 3.05) is 7.11 Å². The van der Waals surface area contributed by atoms with Crippen molar-refractivity contribution in [3.8, 4) is 0 Å². The van der Waals surface area contributed by atoms with Gasteiger partial charge in [0.2, 0.25) is 0 Å². The molecule has 1 atom stereocenters. The molecule has 0 fully saturated rings. The fourth-order valence-electron chi connectivity index (χ4n) is 1.81. The second kappa shape index (κ2) is 6.66. The molecule has 0 aliphatic heterocycles. The predicted molar refractivity (Wildman–Crippen MR) is 72.3 cm³/mol. The molecule has 0 spiro atoms. The van der Waals surface area contributed by atoms with Crippen LogP contribution in [0.2, 0.25) is 0 Å². The van der Waals surface area contributed by atoms with Crippen molar-refractivity contribution >= 4 is 5.91 Å². The first-order valence-electron chi connectivity index (χ1n) is 6.05. The molecule has 1 aromatic heterocycles. The van der Waals surface area contributed by atoms with Gasteiger partial charge >= 0.3 is 0 Å². The molecule has 4 heteroatoms. The van der Waals surface area contributed by atoms with Gasteiger partial charge in [-0.05, 0) is 17.2 Å². The van der Waals surface area contributed by atoms with Gasteiger partial charge < -0.3 is 10.1 Å². The summed E-state index contributed by atoms with van der Waals surface area (Å²) in [5, 5.41) is 2.84. The normalized spacial score (nSPS) is 11.8. The average molecular weight is 256 g/mol. The van der Waals surface area contributed by atoms with Crippen LogP contribution in [-0.2, 0) is 16.1 Å². The number of benzene rings is 1. The van der Waals surface area contributed by atoms with Crippen LogP contribution in [0.1, 0.15) is 17.2 Å². The first-order valence-corrected chi connectivity index (χ1v) is 6.05. The molecule has 1 unspecified atom stereocenters. The fourth-order valence-corrected chi connectivity index (χ4v) is 1.81. The molecular weight excluding hydrogens is 240 g/mol. The highest BCUT2D eigenvalue weighted by Gasteiger charge is 2.19. The van der Waals surface area contributed by atoms with Crippen LogP contribution < -0.4 is 5.32 Å². The molecule has 19 heavy (non-hydrogen) atoms. The molecule has 1 aromatic carbocycles. The largest absolute Gasteiger partial charge is 0.367 e. The van der Waals surface area contributed by atoms with Gasteiger partial charge in [0.15, 0.2) is 6.10 Å². The molecule has 4 nitrogen and oxygen atoms in total. The van der Waals surface area contributed by atoms with E-state index in [-0.39, 0.29) is 5.91 Å². The Morgan fingerprint density at radius 2 is 2.05 bits per heavy atom. The van der Waals surface area contributed by atoms with Gasteiger partial charge in [0, 0.05) is 26.0 Å². The summed E-state index contributed by atoms with van der Waals surface area (Å²) in [6.45, 7) is 0.444. The number of methoxy groups -OCH3 is 1. The Bertz CT molecular complexity index is 514. The molecule has 98 valence electrons. The zero-order chi connectivity index (χ0) is 13.5. The number of pyridine rings is 1. The standard InChI is InChI=1S/C15H16N2O2/c1-19-14(13-7-3-2-4-8-13)15(18)17-11-12-6-5-9-16-10-12/h2-10,14H,11H2,1H3,(H,17,18). The monoisotopic (exact) mass is 256 g/mol. The minimum absolute atomic E-state index is 0.155. The molecule has 2 aromatic rings. The highest BCUT2D eigenvalue weighted by Crippen LogP contribution is 2.16. The van der Waals surface area contributed by atoms with Gasteiger partial charge in [0.05, 0.1) is 0 Å². The highest BCUT2D eigenvalue weighted by molar-refractivity contribution is 5.82. The van der Waals surface area contributed by atoms with E-state index < -0.39 is 6.10 Å². The topological polar surface area (TPSA) is 51.2 Å². The van der Waals surface area contributed by atoms with E-state index in [9.17, 15) is 4.79 Å². The number of carbonyl (C=O) groups excluding carboxylic acids is 1. The van der Waals surface area contributed by atoms with E-state index in [2.05, 4.69) is 10.3 Å². The van der Waals surface area contributed by atoms with Crippen LogP contribution in [-0.4, -0.2) is 18.0 Å². The average Bonchev–Trinajstić information content (AvgIpc) is 2.48. The number of amides is 1. The number of aromatic nitrogens is 1. The van der Waals surface area contributed by atoms with Crippen LogP contribution in [0, 0.1) is 0 Å². The van der Waals surface area contributed by atoms with Crippen LogP contribution in [0.5, 0.6) is 0 Å². The number of carbonyl (C=O) groups is 1. The Hall–Kier alpha value is -2.20. The lowest BCUT2D eigenvalue weighted by Crippen LogP contribution is -2.29. The van der Waals surface area contributed by atoms with Crippen LogP contribution in [0.4, 0.5) is 0 Å². The van der Waals surface area contributed by atoms with E-state index in [4.69, 9.17) is 4.74 Å².